The molecule has 1 aromatic heterocycles. The molecule has 0 fully saturated rings. The number of alkyl halides is 1. The SMILES string of the molecule is COc1cnn(C)c1C(C)CC(C)Br. The lowest BCUT2D eigenvalue weighted by Gasteiger charge is -2.14. The third-order valence-corrected chi connectivity index (χ3v) is 2.69. The van der Waals surface area contributed by atoms with Gasteiger partial charge in [0.05, 0.1) is 19.0 Å². The minimum atomic E-state index is 0.451. The molecular formula is C10H17BrN2O. The number of aryl methyl sites for hydroxylation is 1. The number of nitrogens with zero attached hydrogens (tertiary/aromatic N) is 2. The molecule has 2 unspecified atom stereocenters. The van der Waals surface area contributed by atoms with E-state index in [4.69, 9.17) is 4.74 Å². The summed E-state index contributed by atoms with van der Waals surface area (Å²) < 4.78 is 7.16. The molecule has 0 aliphatic heterocycles. The molecule has 0 bridgehead atoms. The summed E-state index contributed by atoms with van der Waals surface area (Å²) >= 11 is 3.56. The highest BCUT2D eigenvalue weighted by atomic mass is 79.9. The molecule has 0 aromatic carbocycles. The van der Waals surface area contributed by atoms with Crippen molar-refractivity contribution in [2.75, 3.05) is 7.11 Å². The van der Waals surface area contributed by atoms with Crippen LogP contribution in [0.4, 0.5) is 0 Å². The van der Waals surface area contributed by atoms with Crippen LogP contribution in [0.3, 0.4) is 0 Å². The highest BCUT2D eigenvalue weighted by molar-refractivity contribution is 9.09. The predicted molar refractivity (Wildman–Crippen MR) is 61.2 cm³/mol. The van der Waals surface area contributed by atoms with Gasteiger partial charge in [-0.15, -0.1) is 0 Å². The van der Waals surface area contributed by atoms with Gasteiger partial charge in [0, 0.05) is 17.8 Å². The van der Waals surface area contributed by atoms with Gasteiger partial charge in [-0.05, 0) is 6.42 Å². The molecular weight excluding hydrogens is 244 g/mol. The molecule has 0 aliphatic rings. The summed E-state index contributed by atoms with van der Waals surface area (Å²) in [5.74, 6) is 1.33. The van der Waals surface area contributed by atoms with Gasteiger partial charge in [0.15, 0.2) is 5.75 Å². The molecule has 0 amide bonds. The Balaban J connectivity index is 2.86. The van der Waals surface area contributed by atoms with E-state index >= 15 is 0 Å². The van der Waals surface area contributed by atoms with Gasteiger partial charge in [-0.25, -0.2) is 0 Å². The number of halogens is 1. The van der Waals surface area contributed by atoms with E-state index in [1.54, 1.807) is 13.3 Å². The van der Waals surface area contributed by atoms with Crippen molar-refractivity contribution in [3.05, 3.63) is 11.9 Å². The first-order valence-corrected chi connectivity index (χ1v) is 5.67. The first-order chi connectivity index (χ1) is 6.56. The number of rotatable bonds is 4. The van der Waals surface area contributed by atoms with Gasteiger partial charge in [0.25, 0.3) is 0 Å². The fraction of sp³-hybridized carbons (Fsp3) is 0.700. The first kappa shape index (κ1) is 11.6. The second-order valence-corrected chi connectivity index (χ2v) is 5.20. The minimum Gasteiger partial charge on any atom is -0.493 e. The summed E-state index contributed by atoms with van der Waals surface area (Å²) in [4.78, 5) is 0.511. The van der Waals surface area contributed by atoms with E-state index in [9.17, 15) is 0 Å². The van der Waals surface area contributed by atoms with Crippen LogP contribution in [0.2, 0.25) is 0 Å². The molecule has 4 heteroatoms. The number of hydrogen-bond donors (Lipinski definition) is 0. The number of methoxy groups -OCH3 is 1. The van der Waals surface area contributed by atoms with E-state index in [0.717, 1.165) is 12.2 Å². The Morgan fingerprint density at radius 1 is 1.57 bits per heavy atom. The third-order valence-electron chi connectivity index (χ3n) is 2.31. The molecule has 2 atom stereocenters. The summed E-state index contributed by atoms with van der Waals surface area (Å²) in [5.41, 5.74) is 1.17. The fourth-order valence-corrected chi connectivity index (χ4v) is 2.31. The van der Waals surface area contributed by atoms with E-state index < -0.39 is 0 Å². The lowest BCUT2D eigenvalue weighted by molar-refractivity contribution is 0.402. The predicted octanol–water partition coefficient (Wildman–Crippen LogP) is 2.71. The van der Waals surface area contributed by atoms with Crippen LogP contribution < -0.4 is 4.74 Å². The lowest BCUT2D eigenvalue weighted by Crippen LogP contribution is -2.07. The third kappa shape index (κ3) is 2.50. The Bertz CT molecular complexity index is 296. The summed E-state index contributed by atoms with van der Waals surface area (Å²) in [6.45, 7) is 4.34. The molecule has 80 valence electrons. The maximum atomic E-state index is 5.27. The van der Waals surface area contributed by atoms with Crippen LogP contribution in [0.25, 0.3) is 0 Å². The van der Waals surface area contributed by atoms with Crippen LogP contribution in [0, 0.1) is 0 Å². The zero-order valence-corrected chi connectivity index (χ0v) is 10.7. The average Bonchev–Trinajstić information content (AvgIpc) is 2.45. The Morgan fingerprint density at radius 2 is 2.21 bits per heavy atom. The Kier molecular flexibility index (Phi) is 3.98. The standard InChI is InChI=1S/C10H17BrN2O/c1-7(5-8(2)11)10-9(14-4)6-12-13(10)3/h6-8H,5H2,1-4H3. The van der Waals surface area contributed by atoms with Gasteiger partial charge in [0.1, 0.15) is 0 Å². The maximum absolute atomic E-state index is 5.27. The van der Waals surface area contributed by atoms with Gasteiger partial charge in [-0.1, -0.05) is 29.8 Å². The van der Waals surface area contributed by atoms with E-state index in [-0.39, 0.29) is 0 Å². The molecule has 1 aromatic rings. The topological polar surface area (TPSA) is 27.1 Å². The zero-order valence-electron chi connectivity index (χ0n) is 9.12. The highest BCUT2D eigenvalue weighted by Crippen LogP contribution is 2.30. The van der Waals surface area contributed by atoms with Crippen molar-refractivity contribution >= 4 is 15.9 Å². The van der Waals surface area contributed by atoms with Crippen LogP contribution >= 0.6 is 15.9 Å². The quantitative estimate of drug-likeness (QED) is 0.779. The van der Waals surface area contributed by atoms with Crippen molar-refractivity contribution in [3.63, 3.8) is 0 Å². The normalized spacial score (nSPS) is 15.2. The monoisotopic (exact) mass is 260 g/mol. The van der Waals surface area contributed by atoms with Crippen LogP contribution in [-0.2, 0) is 7.05 Å². The molecule has 0 saturated heterocycles. The summed E-state index contributed by atoms with van der Waals surface area (Å²) in [7, 11) is 3.64. The molecule has 0 saturated carbocycles. The second-order valence-electron chi connectivity index (χ2n) is 3.64. The van der Waals surface area contributed by atoms with Gasteiger partial charge in [-0.2, -0.15) is 5.10 Å². The van der Waals surface area contributed by atoms with E-state index in [1.165, 1.54) is 5.69 Å². The Morgan fingerprint density at radius 3 is 2.71 bits per heavy atom. The van der Waals surface area contributed by atoms with Gasteiger partial charge >= 0.3 is 0 Å². The molecule has 1 rings (SSSR count). The van der Waals surface area contributed by atoms with Crippen LogP contribution in [0.15, 0.2) is 6.20 Å². The average molecular weight is 261 g/mol. The summed E-state index contributed by atoms with van der Waals surface area (Å²) in [6.07, 6.45) is 2.85. The van der Waals surface area contributed by atoms with Crippen molar-refractivity contribution in [1.82, 2.24) is 9.78 Å². The smallest absolute Gasteiger partial charge is 0.160 e. The summed E-state index contributed by atoms with van der Waals surface area (Å²) in [6, 6.07) is 0. The van der Waals surface area contributed by atoms with Gasteiger partial charge in [-0.3, -0.25) is 4.68 Å². The largest absolute Gasteiger partial charge is 0.493 e. The summed E-state index contributed by atoms with van der Waals surface area (Å²) in [5, 5.41) is 4.19. The van der Waals surface area contributed by atoms with Crippen molar-refractivity contribution in [2.45, 2.75) is 31.0 Å². The zero-order chi connectivity index (χ0) is 10.7. The highest BCUT2D eigenvalue weighted by Gasteiger charge is 2.17. The lowest BCUT2D eigenvalue weighted by atomic mass is 10.0. The second kappa shape index (κ2) is 4.82. The molecule has 0 radical (unpaired) electrons. The van der Waals surface area contributed by atoms with Gasteiger partial charge in [0.2, 0.25) is 0 Å². The van der Waals surface area contributed by atoms with Crippen LogP contribution in [0.1, 0.15) is 31.9 Å². The number of ether oxygens (including phenoxy) is 1. The molecule has 3 nitrogen and oxygen atoms in total. The first-order valence-electron chi connectivity index (χ1n) is 4.76. The van der Waals surface area contributed by atoms with Crippen LogP contribution in [0.5, 0.6) is 5.75 Å². The minimum absolute atomic E-state index is 0.451. The molecule has 0 aliphatic carbocycles. The molecule has 14 heavy (non-hydrogen) atoms. The van der Waals surface area contributed by atoms with E-state index in [1.807, 2.05) is 11.7 Å². The van der Waals surface area contributed by atoms with E-state index in [0.29, 0.717) is 10.7 Å². The van der Waals surface area contributed by atoms with Crippen LogP contribution in [-0.4, -0.2) is 21.7 Å². The Labute approximate surface area is 93.6 Å². The number of hydrogen-bond acceptors (Lipinski definition) is 2. The molecule has 0 N–H and O–H groups in total. The van der Waals surface area contributed by atoms with Crippen molar-refractivity contribution in [3.8, 4) is 5.75 Å². The van der Waals surface area contributed by atoms with Crippen molar-refractivity contribution in [2.24, 2.45) is 7.05 Å². The van der Waals surface area contributed by atoms with E-state index in [2.05, 4.69) is 34.9 Å². The molecule has 0 spiro atoms. The fourth-order valence-electron chi connectivity index (χ4n) is 1.74. The maximum Gasteiger partial charge on any atom is 0.160 e. The number of aromatic nitrogens is 2. The van der Waals surface area contributed by atoms with Crippen molar-refractivity contribution in [1.29, 1.82) is 0 Å². The van der Waals surface area contributed by atoms with Gasteiger partial charge < -0.3 is 4.74 Å². The molecule has 1 heterocycles. The van der Waals surface area contributed by atoms with Crippen molar-refractivity contribution < 1.29 is 4.74 Å². The Hall–Kier alpha value is -0.510.